The summed E-state index contributed by atoms with van der Waals surface area (Å²) in [7, 11) is 0. The average molecular weight is 338 g/mol. The monoisotopic (exact) mass is 338 g/mol. The van der Waals surface area contributed by atoms with Crippen molar-refractivity contribution in [3.8, 4) is 22.3 Å². The van der Waals surface area contributed by atoms with Crippen LogP contribution in [0.5, 0.6) is 0 Å². The van der Waals surface area contributed by atoms with Crippen LogP contribution in [0.2, 0.25) is 0 Å². The van der Waals surface area contributed by atoms with Crippen LogP contribution in [0.3, 0.4) is 0 Å². The molecule has 25 heavy (non-hydrogen) atoms. The van der Waals surface area contributed by atoms with Gasteiger partial charge in [0, 0.05) is 24.3 Å². The maximum absolute atomic E-state index is 12.7. The number of nitro groups is 2. The molecule has 8 heteroatoms. The minimum atomic E-state index is -0.560. The van der Waals surface area contributed by atoms with Crippen LogP contribution in [-0.4, -0.2) is 9.85 Å². The molecule has 0 amide bonds. The Morgan fingerprint density at radius 1 is 0.760 bits per heavy atom. The van der Waals surface area contributed by atoms with Gasteiger partial charge >= 0.3 is 0 Å². The zero-order chi connectivity index (χ0) is 18.0. The van der Waals surface area contributed by atoms with Crippen LogP contribution in [0.4, 0.5) is 11.4 Å². The van der Waals surface area contributed by atoms with Gasteiger partial charge < -0.3 is 4.42 Å². The van der Waals surface area contributed by atoms with Gasteiger partial charge in [0.1, 0.15) is 12.5 Å². The van der Waals surface area contributed by atoms with Gasteiger partial charge in [-0.1, -0.05) is 24.3 Å². The van der Waals surface area contributed by atoms with Crippen LogP contribution < -0.4 is 5.43 Å². The van der Waals surface area contributed by atoms with E-state index in [0.717, 1.165) is 0 Å². The number of rotatable bonds is 4. The highest BCUT2D eigenvalue weighted by Crippen LogP contribution is 2.26. The van der Waals surface area contributed by atoms with Crippen molar-refractivity contribution in [3.63, 3.8) is 0 Å². The smallest absolute Gasteiger partial charge is 0.270 e. The molecule has 1 heterocycles. The first-order valence-corrected chi connectivity index (χ1v) is 7.07. The van der Waals surface area contributed by atoms with Crippen LogP contribution in [0.15, 0.2) is 70.3 Å². The predicted molar refractivity (Wildman–Crippen MR) is 89.2 cm³/mol. The van der Waals surface area contributed by atoms with Crippen LogP contribution >= 0.6 is 0 Å². The largest absolute Gasteiger partial charge is 0.471 e. The third-order valence-electron chi connectivity index (χ3n) is 3.60. The fourth-order valence-corrected chi connectivity index (χ4v) is 2.39. The number of hydrogen-bond donors (Lipinski definition) is 0. The summed E-state index contributed by atoms with van der Waals surface area (Å²) in [5.74, 6) is 0. The summed E-state index contributed by atoms with van der Waals surface area (Å²) in [6.07, 6.45) is 2.39. The Morgan fingerprint density at radius 2 is 1.20 bits per heavy atom. The Balaban J connectivity index is 2.14. The molecule has 3 aromatic rings. The minimum Gasteiger partial charge on any atom is -0.471 e. The lowest BCUT2D eigenvalue weighted by atomic mass is 10.0. The van der Waals surface area contributed by atoms with Gasteiger partial charge in [0.25, 0.3) is 11.4 Å². The molecular weight excluding hydrogens is 328 g/mol. The van der Waals surface area contributed by atoms with Crippen molar-refractivity contribution < 1.29 is 14.3 Å². The van der Waals surface area contributed by atoms with Crippen molar-refractivity contribution in [1.29, 1.82) is 0 Å². The Labute approximate surface area is 140 Å². The topological polar surface area (TPSA) is 116 Å². The van der Waals surface area contributed by atoms with E-state index in [4.69, 9.17) is 4.42 Å². The summed E-state index contributed by atoms with van der Waals surface area (Å²) in [6.45, 7) is 0. The molecule has 0 radical (unpaired) electrons. The molecule has 0 spiro atoms. The molecule has 0 saturated heterocycles. The van der Waals surface area contributed by atoms with Crippen molar-refractivity contribution in [2.75, 3.05) is 0 Å². The third-order valence-corrected chi connectivity index (χ3v) is 3.60. The molecule has 8 nitrogen and oxygen atoms in total. The zero-order valence-corrected chi connectivity index (χ0v) is 12.6. The van der Waals surface area contributed by atoms with Crippen LogP contribution in [0, 0.1) is 20.2 Å². The molecule has 0 aliphatic rings. The van der Waals surface area contributed by atoms with Gasteiger partial charge in [-0.05, 0) is 11.1 Å². The van der Waals surface area contributed by atoms with E-state index >= 15 is 0 Å². The molecule has 0 aliphatic carbocycles. The first kappa shape index (κ1) is 16.1. The van der Waals surface area contributed by atoms with Gasteiger partial charge in [-0.2, -0.15) is 0 Å². The van der Waals surface area contributed by atoms with E-state index in [1.165, 1.54) is 48.9 Å². The maximum Gasteiger partial charge on any atom is 0.270 e. The Kier molecular flexibility index (Phi) is 4.09. The van der Waals surface area contributed by atoms with Crippen molar-refractivity contribution in [1.82, 2.24) is 0 Å². The van der Waals surface area contributed by atoms with Gasteiger partial charge in [-0.3, -0.25) is 25.0 Å². The van der Waals surface area contributed by atoms with E-state index in [-0.39, 0.29) is 22.5 Å². The second-order valence-electron chi connectivity index (χ2n) is 5.14. The Bertz CT molecular complexity index is 962. The van der Waals surface area contributed by atoms with Crippen molar-refractivity contribution in [3.05, 3.63) is 91.5 Å². The van der Waals surface area contributed by atoms with E-state index in [9.17, 15) is 25.0 Å². The molecule has 0 bridgehead atoms. The minimum absolute atomic E-state index is 0.132. The molecule has 124 valence electrons. The van der Waals surface area contributed by atoms with E-state index < -0.39 is 15.3 Å². The number of hydrogen-bond acceptors (Lipinski definition) is 6. The normalized spacial score (nSPS) is 10.4. The number of nitrogens with zero attached hydrogens (tertiary/aromatic N) is 2. The van der Waals surface area contributed by atoms with Crippen molar-refractivity contribution in [2.24, 2.45) is 0 Å². The zero-order valence-electron chi connectivity index (χ0n) is 12.6. The Morgan fingerprint density at radius 3 is 1.60 bits per heavy atom. The standard InChI is InChI=1S/C17H10N2O6/c20-17-15(11-3-1-5-13(7-11)18(21)22)9-25-10-16(17)12-4-2-6-14(8-12)19(23)24/h1-10H. The lowest BCUT2D eigenvalue weighted by Gasteiger charge is -2.04. The third kappa shape index (κ3) is 3.13. The highest BCUT2D eigenvalue weighted by molar-refractivity contribution is 5.73. The second kappa shape index (κ2) is 6.36. The van der Waals surface area contributed by atoms with Gasteiger partial charge in [0.15, 0.2) is 5.43 Å². The molecule has 1 aromatic heterocycles. The fraction of sp³-hybridized carbons (Fsp3) is 0. The van der Waals surface area contributed by atoms with E-state index in [0.29, 0.717) is 11.1 Å². The lowest BCUT2D eigenvalue weighted by Crippen LogP contribution is -2.07. The summed E-state index contributed by atoms with van der Waals surface area (Å²) >= 11 is 0. The molecule has 3 rings (SSSR count). The summed E-state index contributed by atoms with van der Waals surface area (Å²) in [5.41, 5.74) is 0.174. The highest BCUT2D eigenvalue weighted by atomic mass is 16.6. The predicted octanol–water partition coefficient (Wildman–Crippen LogP) is 3.79. The molecule has 2 aromatic carbocycles. The van der Waals surface area contributed by atoms with Crippen LogP contribution in [0.25, 0.3) is 22.3 Å². The quantitative estimate of drug-likeness (QED) is 0.527. The molecule has 0 atom stereocenters. The first-order valence-electron chi connectivity index (χ1n) is 7.07. The first-order chi connectivity index (χ1) is 12.0. The van der Waals surface area contributed by atoms with Gasteiger partial charge in [0.2, 0.25) is 0 Å². The summed E-state index contributed by atoms with van der Waals surface area (Å²) in [5, 5.41) is 21.8. The molecule has 0 aliphatic heterocycles. The molecule has 0 fully saturated rings. The SMILES string of the molecule is O=c1c(-c2cccc([N+](=O)[O-])c2)cocc1-c1cccc([N+](=O)[O-])c1. The van der Waals surface area contributed by atoms with Gasteiger partial charge in [-0.15, -0.1) is 0 Å². The Hall–Kier alpha value is -3.81. The van der Waals surface area contributed by atoms with E-state index in [1.807, 2.05) is 0 Å². The number of nitro benzene ring substituents is 2. The van der Waals surface area contributed by atoms with E-state index in [2.05, 4.69) is 0 Å². The van der Waals surface area contributed by atoms with Crippen molar-refractivity contribution >= 4 is 11.4 Å². The van der Waals surface area contributed by atoms with Crippen molar-refractivity contribution in [2.45, 2.75) is 0 Å². The second-order valence-corrected chi connectivity index (χ2v) is 5.14. The molecular formula is C17H10N2O6. The highest BCUT2D eigenvalue weighted by Gasteiger charge is 2.15. The molecule has 0 unspecified atom stereocenters. The number of non-ortho nitro benzene ring substituents is 2. The summed E-state index contributed by atoms with van der Waals surface area (Å²) in [6, 6.07) is 11.2. The average Bonchev–Trinajstić information content (AvgIpc) is 2.62. The lowest BCUT2D eigenvalue weighted by molar-refractivity contribution is -0.385. The van der Waals surface area contributed by atoms with Gasteiger partial charge in [0.05, 0.1) is 21.0 Å². The van der Waals surface area contributed by atoms with Crippen LogP contribution in [-0.2, 0) is 0 Å². The fourth-order valence-electron chi connectivity index (χ4n) is 2.39. The molecule has 0 N–H and O–H groups in total. The summed E-state index contributed by atoms with van der Waals surface area (Å²) in [4.78, 5) is 33.4. The number of benzene rings is 2. The maximum atomic E-state index is 12.7. The summed E-state index contributed by atoms with van der Waals surface area (Å²) < 4.78 is 5.19. The van der Waals surface area contributed by atoms with Crippen LogP contribution in [0.1, 0.15) is 0 Å². The van der Waals surface area contributed by atoms with Gasteiger partial charge in [-0.25, -0.2) is 0 Å². The molecule has 0 saturated carbocycles. The van der Waals surface area contributed by atoms with E-state index in [1.54, 1.807) is 12.1 Å².